The Bertz CT molecular complexity index is 889. The van der Waals surface area contributed by atoms with E-state index in [1.54, 1.807) is 7.05 Å². The van der Waals surface area contributed by atoms with Gasteiger partial charge in [-0.3, -0.25) is 24.2 Å². The molecule has 0 radical (unpaired) electrons. The van der Waals surface area contributed by atoms with Crippen LogP contribution in [0.15, 0.2) is 21.0 Å². The number of hydrogen-bond acceptors (Lipinski definition) is 5. The predicted octanol–water partition coefficient (Wildman–Crippen LogP) is 0.618. The minimum Gasteiger partial charge on any atom is -0.387 e. The van der Waals surface area contributed by atoms with Crippen LogP contribution in [-0.4, -0.2) is 50.4 Å². The number of likely N-dealkylation sites (N-methyl/N-ethyl adjacent to an activating group) is 1. The van der Waals surface area contributed by atoms with Crippen molar-refractivity contribution < 1.29 is 14.7 Å². The second kappa shape index (κ2) is 6.68. The van der Waals surface area contributed by atoms with Crippen LogP contribution in [0.2, 0.25) is 0 Å². The Morgan fingerprint density at radius 1 is 1.12 bits per heavy atom. The van der Waals surface area contributed by atoms with Crippen molar-refractivity contribution in [1.29, 1.82) is 0 Å². The van der Waals surface area contributed by atoms with Crippen molar-refractivity contribution >= 4 is 17.4 Å². The van der Waals surface area contributed by atoms with Gasteiger partial charge >= 0.3 is 0 Å². The SMILES string of the molecule is CCCC1=NN(C)C(=O)C1=C1C(=O)C(c2c(CCC)[nH]n(C)c2=O)C1O. The summed E-state index contributed by atoms with van der Waals surface area (Å²) in [6.45, 7) is 3.93. The van der Waals surface area contributed by atoms with Gasteiger partial charge in [-0.05, 0) is 12.8 Å². The number of aliphatic hydroxyl groups is 1. The van der Waals surface area contributed by atoms with Crippen molar-refractivity contribution in [2.24, 2.45) is 12.1 Å². The Labute approximate surface area is 151 Å². The number of ketones is 1. The van der Waals surface area contributed by atoms with Crippen LogP contribution in [0, 0.1) is 0 Å². The van der Waals surface area contributed by atoms with Crippen LogP contribution in [0.1, 0.15) is 50.3 Å². The van der Waals surface area contributed by atoms with E-state index in [2.05, 4.69) is 10.2 Å². The predicted molar refractivity (Wildman–Crippen MR) is 95.9 cm³/mol. The fraction of sp³-hybridized carbons (Fsp3) is 0.556. The van der Waals surface area contributed by atoms with E-state index < -0.39 is 12.0 Å². The zero-order valence-corrected chi connectivity index (χ0v) is 15.5. The fourth-order valence-electron chi connectivity index (χ4n) is 3.72. The van der Waals surface area contributed by atoms with Crippen molar-refractivity contribution in [1.82, 2.24) is 14.8 Å². The summed E-state index contributed by atoms with van der Waals surface area (Å²) in [4.78, 5) is 37.7. The van der Waals surface area contributed by atoms with E-state index in [-0.39, 0.29) is 28.4 Å². The number of Topliss-reactive ketones (excluding diaryl/α,β-unsaturated/α-hetero) is 1. The summed E-state index contributed by atoms with van der Waals surface area (Å²) in [5.41, 5.74) is 1.47. The van der Waals surface area contributed by atoms with E-state index in [9.17, 15) is 19.5 Å². The van der Waals surface area contributed by atoms with Gasteiger partial charge in [0.05, 0.1) is 28.9 Å². The average molecular weight is 360 g/mol. The quantitative estimate of drug-likeness (QED) is 0.750. The average Bonchev–Trinajstić information content (AvgIpc) is 3.01. The van der Waals surface area contributed by atoms with Crippen LogP contribution in [0.5, 0.6) is 0 Å². The van der Waals surface area contributed by atoms with Crippen molar-refractivity contribution in [3.8, 4) is 0 Å². The number of carbonyl (C=O) groups excluding carboxylic acids is 2. The second-order valence-corrected chi connectivity index (χ2v) is 6.82. The van der Waals surface area contributed by atoms with Gasteiger partial charge in [-0.15, -0.1) is 0 Å². The molecule has 2 unspecified atom stereocenters. The summed E-state index contributed by atoms with van der Waals surface area (Å²) >= 11 is 0. The van der Waals surface area contributed by atoms with Gasteiger partial charge in [-0.2, -0.15) is 5.10 Å². The van der Waals surface area contributed by atoms with Crippen LogP contribution in [0.4, 0.5) is 0 Å². The molecule has 2 heterocycles. The smallest absolute Gasteiger partial charge is 0.276 e. The van der Waals surface area contributed by atoms with E-state index in [0.717, 1.165) is 12.8 Å². The molecule has 0 spiro atoms. The molecule has 1 aliphatic carbocycles. The van der Waals surface area contributed by atoms with Crippen LogP contribution in [0.3, 0.4) is 0 Å². The number of nitrogens with zero attached hydrogens (tertiary/aromatic N) is 3. The number of amides is 1. The third-order valence-electron chi connectivity index (χ3n) is 4.96. The first kappa shape index (κ1) is 18.3. The molecular formula is C18H24N4O4. The molecule has 140 valence electrons. The third-order valence-corrected chi connectivity index (χ3v) is 4.96. The topological polar surface area (TPSA) is 108 Å². The highest BCUT2D eigenvalue weighted by atomic mass is 16.3. The first-order valence-corrected chi connectivity index (χ1v) is 8.93. The molecule has 3 rings (SSSR count). The zero-order chi connectivity index (χ0) is 19.2. The number of aryl methyl sites for hydroxylation is 2. The van der Waals surface area contributed by atoms with Gasteiger partial charge < -0.3 is 5.11 Å². The molecule has 2 N–H and O–H groups in total. The number of hydrazone groups is 1. The van der Waals surface area contributed by atoms with Gasteiger partial charge in [0.15, 0.2) is 5.78 Å². The number of carbonyl (C=O) groups is 2. The van der Waals surface area contributed by atoms with Crippen molar-refractivity contribution in [2.45, 2.75) is 51.6 Å². The second-order valence-electron chi connectivity index (χ2n) is 6.82. The van der Waals surface area contributed by atoms with Crippen LogP contribution in [-0.2, 0) is 23.1 Å². The lowest BCUT2D eigenvalue weighted by Gasteiger charge is -2.34. The zero-order valence-electron chi connectivity index (χ0n) is 15.5. The fourth-order valence-corrected chi connectivity index (χ4v) is 3.72. The first-order valence-electron chi connectivity index (χ1n) is 8.93. The Balaban J connectivity index is 2.04. The maximum Gasteiger partial charge on any atom is 0.276 e. The molecule has 2 aliphatic rings. The molecule has 1 aromatic rings. The van der Waals surface area contributed by atoms with Gasteiger partial charge in [-0.25, -0.2) is 5.01 Å². The molecule has 1 aliphatic heterocycles. The van der Waals surface area contributed by atoms with E-state index >= 15 is 0 Å². The molecule has 0 saturated heterocycles. The molecule has 2 atom stereocenters. The highest BCUT2D eigenvalue weighted by Gasteiger charge is 2.51. The van der Waals surface area contributed by atoms with Crippen molar-refractivity contribution in [2.75, 3.05) is 7.05 Å². The monoisotopic (exact) mass is 360 g/mol. The van der Waals surface area contributed by atoms with Gasteiger partial charge in [-0.1, -0.05) is 26.7 Å². The number of rotatable bonds is 5. The first-order chi connectivity index (χ1) is 12.3. The Hall–Kier alpha value is -2.48. The molecule has 1 saturated carbocycles. The minimum absolute atomic E-state index is 0.0854. The molecular weight excluding hydrogens is 336 g/mol. The van der Waals surface area contributed by atoms with Gasteiger partial charge in [0.1, 0.15) is 0 Å². The summed E-state index contributed by atoms with van der Waals surface area (Å²) in [7, 11) is 3.11. The van der Waals surface area contributed by atoms with Gasteiger partial charge in [0.25, 0.3) is 11.5 Å². The summed E-state index contributed by atoms with van der Waals surface area (Å²) in [6, 6.07) is 0. The summed E-state index contributed by atoms with van der Waals surface area (Å²) < 4.78 is 1.32. The number of aromatic nitrogens is 2. The largest absolute Gasteiger partial charge is 0.387 e. The Morgan fingerprint density at radius 3 is 2.35 bits per heavy atom. The summed E-state index contributed by atoms with van der Waals surface area (Å²) in [5.74, 6) is -1.68. The van der Waals surface area contributed by atoms with Crippen LogP contribution < -0.4 is 5.56 Å². The van der Waals surface area contributed by atoms with E-state index in [1.165, 1.54) is 16.7 Å². The molecule has 1 fully saturated rings. The van der Waals surface area contributed by atoms with Crippen molar-refractivity contribution in [3.05, 3.63) is 32.8 Å². The summed E-state index contributed by atoms with van der Waals surface area (Å²) in [5, 5.41) is 19.0. The highest BCUT2D eigenvalue weighted by Crippen LogP contribution is 2.41. The molecule has 0 aromatic carbocycles. The minimum atomic E-state index is -1.17. The standard InChI is InChI=1S/C18H24N4O4/c1-5-7-9-11(17(25)21(3)19-9)13-15(23)14(16(13)24)12-10(8-6-2)20-22(4)18(12)26/h13,15,19,23H,5-8H2,1-4H3. The Morgan fingerprint density at radius 2 is 1.77 bits per heavy atom. The van der Waals surface area contributed by atoms with Crippen LogP contribution in [0.25, 0.3) is 0 Å². The number of H-pyrrole nitrogens is 1. The molecule has 8 heteroatoms. The third kappa shape index (κ3) is 2.56. The van der Waals surface area contributed by atoms with Crippen LogP contribution >= 0.6 is 0 Å². The maximum atomic E-state index is 12.9. The normalized spacial score (nSPS) is 25.7. The van der Waals surface area contributed by atoms with Crippen molar-refractivity contribution in [3.63, 3.8) is 0 Å². The van der Waals surface area contributed by atoms with Gasteiger partial charge in [0, 0.05) is 25.4 Å². The van der Waals surface area contributed by atoms with Gasteiger partial charge in [0.2, 0.25) is 0 Å². The maximum absolute atomic E-state index is 12.9. The lowest BCUT2D eigenvalue weighted by Crippen LogP contribution is -2.47. The number of aliphatic hydroxyl groups excluding tert-OH is 1. The summed E-state index contributed by atoms with van der Waals surface area (Å²) in [6.07, 6.45) is 1.55. The number of nitrogens with one attached hydrogen (secondary N) is 1. The molecule has 26 heavy (non-hydrogen) atoms. The lowest BCUT2D eigenvalue weighted by atomic mass is 9.68. The number of aromatic amines is 1. The molecule has 0 bridgehead atoms. The lowest BCUT2D eigenvalue weighted by molar-refractivity contribution is -0.128. The Kier molecular flexibility index (Phi) is 4.70. The molecule has 1 amide bonds. The van der Waals surface area contributed by atoms with E-state index in [0.29, 0.717) is 29.8 Å². The number of hydrogen-bond donors (Lipinski definition) is 2. The van der Waals surface area contributed by atoms with E-state index in [1.807, 2.05) is 13.8 Å². The molecule has 8 nitrogen and oxygen atoms in total. The van der Waals surface area contributed by atoms with E-state index in [4.69, 9.17) is 0 Å². The molecule has 1 aromatic heterocycles. The highest BCUT2D eigenvalue weighted by molar-refractivity contribution is 6.30.